The molecule has 1 unspecified atom stereocenters. The number of aliphatic hydroxyl groups is 1. The molecule has 0 spiro atoms. The number of piperidine rings is 1. The summed E-state index contributed by atoms with van der Waals surface area (Å²) >= 11 is 0. The molecule has 0 radical (unpaired) electrons. The van der Waals surface area contributed by atoms with Gasteiger partial charge in [0.05, 0.1) is 6.61 Å². The Kier molecular flexibility index (Phi) is 4.70. The minimum absolute atomic E-state index is 0.0621. The molecule has 1 fully saturated rings. The van der Waals surface area contributed by atoms with Crippen molar-refractivity contribution in [1.82, 2.24) is 9.88 Å². The third-order valence-electron chi connectivity index (χ3n) is 5.43. The third-order valence-corrected chi connectivity index (χ3v) is 5.43. The van der Waals surface area contributed by atoms with Crippen molar-refractivity contribution < 1.29 is 14.3 Å². The van der Waals surface area contributed by atoms with Crippen LogP contribution < -0.4 is 0 Å². The summed E-state index contributed by atoms with van der Waals surface area (Å²) in [5, 5.41) is 10.1. The maximum Gasteiger partial charge on any atom is 0.289 e. The summed E-state index contributed by atoms with van der Waals surface area (Å²) < 4.78 is 5.74. The number of fused-ring (bicyclic) bond motifs is 1. The normalized spacial score (nSPS) is 20.1. The summed E-state index contributed by atoms with van der Waals surface area (Å²) in [6.45, 7) is 3.18. The molecule has 5 nitrogen and oxygen atoms in total. The van der Waals surface area contributed by atoms with Gasteiger partial charge in [0, 0.05) is 30.3 Å². The van der Waals surface area contributed by atoms with Gasteiger partial charge in [-0.2, -0.15) is 0 Å². The number of likely N-dealkylation sites (tertiary alicyclic amines) is 1. The predicted molar refractivity (Wildman–Crippen MR) is 104 cm³/mol. The Morgan fingerprint density at radius 1 is 1.26 bits per heavy atom. The van der Waals surface area contributed by atoms with E-state index in [1.165, 1.54) is 5.56 Å². The van der Waals surface area contributed by atoms with Crippen LogP contribution in [0.25, 0.3) is 11.1 Å². The van der Waals surface area contributed by atoms with Crippen molar-refractivity contribution in [2.75, 3.05) is 19.7 Å². The fourth-order valence-corrected chi connectivity index (χ4v) is 4.03. The van der Waals surface area contributed by atoms with Gasteiger partial charge in [-0.25, -0.2) is 4.98 Å². The largest absolute Gasteiger partial charge is 0.449 e. The molecule has 5 heteroatoms. The summed E-state index contributed by atoms with van der Waals surface area (Å²) in [7, 11) is 0. The highest BCUT2D eigenvalue weighted by Crippen LogP contribution is 2.34. The molecule has 140 valence electrons. The first-order chi connectivity index (χ1) is 13.1. The summed E-state index contributed by atoms with van der Waals surface area (Å²) in [5.74, 6) is 0.188. The standard InChI is InChI=1S/C22H24N2O3/c1-16-8-9-19-18(23-16)12-20(27-19)21(26)24-11-5-10-22(14-24,15-25)13-17-6-3-2-4-7-17/h2-4,6-9,12,25H,5,10-11,13-15H2,1H3. The Balaban J connectivity index is 1.56. The van der Waals surface area contributed by atoms with Gasteiger partial charge in [0.15, 0.2) is 11.3 Å². The summed E-state index contributed by atoms with van der Waals surface area (Å²) in [5.41, 5.74) is 3.09. The van der Waals surface area contributed by atoms with Crippen molar-refractivity contribution in [1.29, 1.82) is 0 Å². The highest BCUT2D eigenvalue weighted by Gasteiger charge is 2.37. The Morgan fingerprint density at radius 3 is 2.85 bits per heavy atom. The molecule has 1 amide bonds. The molecule has 3 heterocycles. The van der Waals surface area contributed by atoms with Crippen molar-refractivity contribution in [3.8, 4) is 0 Å². The van der Waals surface area contributed by atoms with Crippen LogP contribution in [0.1, 0.15) is 34.7 Å². The molecule has 0 saturated carbocycles. The van der Waals surface area contributed by atoms with Gasteiger partial charge < -0.3 is 14.4 Å². The molecule has 1 atom stereocenters. The smallest absolute Gasteiger partial charge is 0.289 e. The number of hydrogen-bond donors (Lipinski definition) is 1. The molecular formula is C22H24N2O3. The second kappa shape index (κ2) is 7.16. The van der Waals surface area contributed by atoms with E-state index in [4.69, 9.17) is 4.42 Å². The number of furan rings is 1. The number of carbonyl (C=O) groups excluding carboxylic acids is 1. The average molecular weight is 364 g/mol. The van der Waals surface area contributed by atoms with E-state index in [1.807, 2.05) is 42.2 Å². The SMILES string of the molecule is Cc1ccc2oc(C(=O)N3CCCC(CO)(Cc4ccccc4)C3)cc2n1. The van der Waals surface area contributed by atoms with Gasteiger partial charge in [-0.3, -0.25) is 4.79 Å². The topological polar surface area (TPSA) is 66.6 Å². The second-order valence-corrected chi connectivity index (χ2v) is 7.60. The molecule has 1 aromatic carbocycles. The summed E-state index contributed by atoms with van der Waals surface area (Å²) in [6, 6.07) is 15.6. The maximum atomic E-state index is 13.0. The van der Waals surface area contributed by atoms with E-state index < -0.39 is 0 Å². The van der Waals surface area contributed by atoms with Crippen LogP contribution in [0.3, 0.4) is 0 Å². The summed E-state index contributed by atoms with van der Waals surface area (Å²) in [6.07, 6.45) is 2.54. The van der Waals surface area contributed by atoms with Crippen molar-refractivity contribution >= 4 is 17.0 Å². The number of aliphatic hydroxyl groups excluding tert-OH is 1. The van der Waals surface area contributed by atoms with E-state index in [2.05, 4.69) is 17.1 Å². The number of pyridine rings is 1. The monoisotopic (exact) mass is 364 g/mol. The minimum atomic E-state index is -0.309. The van der Waals surface area contributed by atoms with Crippen molar-refractivity contribution in [3.63, 3.8) is 0 Å². The molecule has 3 aromatic rings. The first kappa shape index (κ1) is 17.7. The second-order valence-electron chi connectivity index (χ2n) is 7.60. The van der Waals surface area contributed by atoms with E-state index in [0.29, 0.717) is 29.9 Å². The zero-order valence-electron chi connectivity index (χ0n) is 15.5. The third kappa shape index (κ3) is 3.60. The van der Waals surface area contributed by atoms with Crippen LogP contribution in [0.2, 0.25) is 0 Å². The van der Waals surface area contributed by atoms with Crippen LogP contribution in [0, 0.1) is 12.3 Å². The van der Waals surface area contributed by atoms with Crippen molar-refractivity contribution in [3.05, 3.63) is 65.5 Å². The molecule has 1 N–H and O–H groups in total. The minimum Gasteiger partial charge on any atom is -0.449 e. The van der Waals surface area contributed by atoms with E-state index in [1.54, 1.807) is 6.07 Å². The zero-order valence-corrected chi connectivity index (χ0v) is 15.5. The van der Waals surface area contributed by atoms with Gasteiger partial charge in [0.2, 0.25) is 0 Å². The van der Waals surface area contributed by atoms with Crippen molar-refractivity contribution in [2.24, 2.45) is 5.41 Å². The highest BCUT2D eigenvalue weighted by atomic mass is 16.3. The number of amides is 1. The van der Waals surface area contributed by atoms with Crippen LogP contribution in [-0.4, -0.2) is 40.6 Å². The first-order valence-corrected chi connectivity index (χ1v) is 9.40. The van der Waals surface area contributed by atoms with Gasteiger partial charge in [-0.1, -0.05) is 30.3 Å². The van der Waals surface area contributed by atoms with E-state index >= 15 is 0 Å². The number of carbonyl (C=O) groups is 1. The molecule has 1 aliphatic rings. The van der Waals surface area contributed by atoms with Gasteiger partial charge in [0.1, 0.15) is 5.52 Å². The number of nitrogens with zero attached hydrogens (tertiary/aromatic N) is 2. The van der Waals surface area contributed by atoms with Gasteiger partial charge >= 0.3 is 0 Å². The van der Waals surface area contributed by atoms with Crippen LogP contribution in [0.4, 0.5) is 0 Å². The fraction of sp³-hybridized carbons (Fsp3) is 0.364. The predicted octanol–water partition coefficient (Wildman–Crippen LogP) is 3.59. The number of aryl methyl sites for hydroxylation is 1. The molecule has 1 saturated heterocycles. The molecule has 27 heavy (non-hydrogen) atoms. The lowest BCUT2D eigenvalue weighted by Gasteiger charge is -2.41. The van der Waals surface area contributed by atoms with Crippen LogP contribution >= 0.6 is 0 Å². The Bertz CT molecular complexity index is 951. The van der Waals surface area contributed by atoms with E-state index in [-0.39, 0.29) is 17.9 Å². The molecule has 2 aromatic heterocycles. The van der Waals surface area contributed by atoms with E-state index in [9.17, 15) is 9.90 Å². The Hall–Kier alpha value is -2.66. The number of benzene rings is 1. The van der Waals surface area contributed by atoms with Gasteiger partial charge in [0.25, 0.3) is 5.91 Å². The summed E-state index contributed by atoms with van der Waals surface area (Å²) in [4.78, 5) is 19.3. The number of hydrogen-bond acceptors (Lipinski definition) is 4. The molecule has 0 bridgehead atoms. The van der Waals surface area contributed by atoms with E-state index in [0.717, 1.165) is 25.0 Å². The number of rotatable bonds is 4. The lowest BCUT2D eigenvalue weighted by Crippen LogP contribution is -2.48. The fourth-order valence-electron chi connectivity index (χ4n) is 4.03. The van der Waals surface area contributed by atoms with Crippen LogP contribution in [0.5, 0.6) is 0 Å². The van der Waals surface area contributed by atoms with Crippen LogP contribution in [0.15, 0.2) is 52.9 Å². The zero-order chi connectivity index (χ0) is 18.9. The van der Waals surface area contributed by atoms with Crippen molar-refractivity contribution in [2.45, 2.75) is 26.2 Å². The van der Waals surface area contributed by atoms with Gasteiger partial charge in [-0.05, 0) is 43.9 Å². The quantitative estimate of drug-likeness (QED) is 0.768. The first-order valence-electron chi connectivity index (χ1n) is 9.40. The lowest BCUT2D eigenvalue weighted by atomic mass is 9.75. The Morgan fingerprint density at radius 2 is 2.07 bits per heavy atom. The van der Waals surface area contributed by atoms with Crippen LogP contribution in [-0.2, 0) is 6.42 Å². The lowest BCUT2D eigenvalue weighted by molar-refractivity contribution is 0.0254. The molecule has 0 aliphatic carbocycles. The van der Waals surface area contributed by atoms with Gasteiger partial charge in [-0.15, -0.1) is 0 Å². The molecule has 1 aliphatic heterocycles. The number of aromatic nitrogens is 1. The molecule has 4 rings (SSSR count). The average Bonchev–Trinajstić information content (AvgIpc) is 3.11. The maximum absolute atomic E-state index is 13.0. The Labute approximate surface area is 158 Å². The highest BCUT2D eigenvalue weighted by molar-refractivity contribution is 5.95. The molecular weight excluding hydrogens is 340 g/mol.